The highest BCUT2D eigenvalue weighted by molar-refractivity contribution is 4.29. The summed E-state index contributed by atoms with van der Waals surface area (Å²) >= 11 is 0. The number of hydrogen-bond donors (Lipinski definition) is 0. The van der Waals surface area contributed by atoms with Gasteiger partial charge in [0.25, 0.3) is 0 Å². The number of methoxy groups -OCH3 is 1. The molecule has 0 aliphatic rings. The number of quaternary nitrogens is 1. The van der Waals surface area contributed by atoms with Crippen molar-refractivity contribution in [1.82, 2.24) is 0 Å². The zero-order valence-electron chi connectivity index (χ0n) is 6.52. The Balaban J connectivity index is 3.84. The minimum atomic E-state index is -1.03. The molecule has 0 fully saturated rings. The Labute approximate surface area is 64.1 Å². The van der Waals surface area contributed by atoms with Gasteiger partial charge in [-0.05, 0) is 0 Å². The van der Waals surface area contributed by atoms with Crippen molar-refractivity contribution in [2.24, 2.45) is 0 Å². The Hall–Kier alpha value is -0.290. The van der Waals surface area contributed by atoms with E-state index < -0.39 is 24.9 Å². The molecule has 0 aliphatic carbocycles. The van der Waals surface area contributed by atoms with E-state index >= 15 is 0 Å². The van der Waals surface area contributed by atoms with E-state index in [0.717, 1.165) is 0 Å². The highest BCUT2D eigenvalue weighted by atomic mass is 19.2. The van der Waals surface area contributed by atoms with Gasteiger partial charge in [0.05, 0.1) is 6.61 Å². The van der Waals surface area contributed by atoms with E-state index in [9.17, 15) is 13.2 Å². The lowest BCUT2D eigenvalue weighted by Gasteiger charge is -2.28. The van der Waals surface area contributed by atoms with Crippen LogP contribution in [0.1, 0.15) is 0 Å². The minimum Gasteiger partial charge on any atom is -0.379 e. The predicted molar refractivity (Wildman–Crippen MR) is 34.9 cm³/mol. The van der Waals surface area contributed by atoms with Gasteiger partial charge in [0.15, 0.2) is 0 Å². The van der Waals surface area contributed by atoms with Crippen LogP contribution < -0.4 is 0 Å². The minimum absolute atomic E-state index is 0.0278. The second kappa shape index (κ2) is 5.37. The van der Waals surface area contributed by atoms with Crippen LogP contribution in [0.4, 0.5) is 13.2 Å². The molecule has 0 rings (SSSR count). The maximum absolute atomic E-state index is 12.1. The van der Waals surface area contributed by atoms with Gasteiger partial charge in [-0.25, -0.2) is 4.48 Å². The molecule has 0 unspecified atom stereocenters. The normalized spacial score (nSPS) is 12.0. The van der Waals surface area contributed by atoms with Gasteiger partial charge in [-0.3, -0.25) is 0 Å². The van der Waals surface area contributed by atoms with E-state index in [-0.39, 0.29) is 13.2 Å². The first-order valence-corrected chi connectivity index (χ1v) is 3.26. The SMILES string of the molecule is COCC[N+](CF)(CF)CF. The molecule has 0 atom stereocenters. The number of hydrogen-bond acceptors (Lipinski definition) is 1. The maximum Gasteiger partial charge on any atom is 0.226 e. The largest absolute Gasteiger partial charge is 0.379 e. The van der Waals surface area contributed by atoms with Crippen molar-refractivity contribution in [3.8, 4) is 0 Å². The lowest BCUT2D eigenvalue weighted by Crippen LogP contribution is -2.48. The molecule has 0 saturated carbocycles. The smallest absolute Gasteiger partial charge is 0.226 e. The van der Waals surface area contributed by atoms with Crippen LogP contribution in [0, 0.1) is 0 Å². The molecule has 0 bridgehead atoms. The van der Waals surface area contributed by atoms with Crippen molar-refractivity contribution >= 4 is 0 Å². The van der Waals surface area contributed by atoms with Crippen molar-refractivity contribution < 1.29 is 22.4 Å². The molecule has 0 heterocycles. The molecule has 0 aromatic carbocycles. The second-order valence-electron chi connectivity index (χ2n) is 2.42. The summed E-state index contributed by atoms with van der Waals surface area (Å²) in [7, 11) is 1.41. The van der Waals surface area contributed by atoms with Crippen LogP contribution in [0.15, 0.2) is 0 Å². The number of ether oxygens (including phenoxy) is 1. The number of halogens is 3. The molecule has 0 spiro atoms. The van der Waals surface area contributed by atoms with E-state index in [1.165, 1.54) is 7.11 Å². The average molecular weight is 172 g/mol. The molecular formula is C6H13F3NO+. The van der Waals surface area contributed by atoms with E-state index in [1.807, 2.05) is 0 Å². The van der Waals surface area contributed by atoms with Crippen LogP contribution >= 0.6 is 0 Å². The van der Waals surface area contributed by atoms with Gasteiger partial charge in [0.1, 0.15) is 6.54 Å². The van der Waals surface area contributed by atoms with Crippen molar-refractivity contribution in [2.45, 2.75) is 0 Å². The Morgan fingerprint density at radius 3 is 1.82 bits per heavy atom. The first-order valence-electron chi connectivity index (χ1n) is 3.26. The maximum atomic E-state index is 12.1. The molecule has 0 saturated heterocycles. The average Bonchev–Trinajstić information content (AvgIpc) is 2.08. The summed E-state index contributed by atoms with van der Waals surface area (Å²) in [6.45, 7) is -2.90. The number of alkyl halides is 3. The second-order valence-corrected chi connectivity index (χ2v) is 2.42. The third-order valence-corrected chi connectivity index (χ3v) is 1.53. The highest BCUT2D eigenvalue weighted by Crippen LogP contribution is 2.07. The first-order chi connectivity index (χ1) is 5.24. The van der Waals surface area contributed by atoms with Crippen molar-refractivity contribution in [3.05, 3.63) is 0 Å². The van der Waals surface area contributed by atoms with Crippen LogP contribution in [0.3, 0.4) is 0 Å². The van der Waals surface area contributed by atoms with Crippen molar-refractivity contribution in [3.63, 3.8) is 0 Å². The molecule has 68 valence electrons. The first kappa shape index (κ1) is 10.7. The van der Waals surface area contributed by atoms with Gasteiger partial charge in [-0.1, -0.05) is 0 Å². The van der Waals surface area contributed by atoms with Gasteiger partial charge in [-0.2, -0.15) is 13.2 Å². The highest BCUT2D eigenvalue weighted by Gasteiger charge is 2.26. The van der Waals surface area contributed by atoms with Gasteiger partial charge in [0.2, 0.25) is 20.4 Å². The van der Waals surface area contributed by atoms with Gasteiger partial charge in [-0.15, -0.1) is 0 Å². The molecule has 0 radical (unpaired) electrons. The van der Waals surface area contributed by atoms with Crippen LogP contribution in [-0.2, 0) is 4.74 Å². The van der Waals surface area contributed by atoms with Crippen LogP contribution in [-0.4, -0.2) is 45.1 Å². The molecule has 11 heavy (non-hydrogen) atoms. The lowest BCUT2D eigenvalue weighted by molar-refractivity contribution is -0.961. The monoisotopic (exact) mass is 172 g/mol. The molecule has 0 amide bonds. The molecule has 0 aliphatic heterocycles. The summed E-state index contributed by atoms with van der Waals surface area (Å²) in [4.78, 5) is 0. The quantitative estimate of drug-likeness (QED) is 0.432. The molecule has 0 aromatic rings. The van der Waals surface area contributed by atoms with Gasteiger partial charge >= 0.3 is 0 Å². The van der Waals surface area contributed by atoms with E-state index in [1.54, 1.807) is 0 Å². The van der Waals surface area contributed by atoms with Gasteiger partial charge < -0.3 is 4.74 Å². The number of nitrogens with zero attached hydrogens (tertiary/aromatic N) is 1. The topological polar surface area (TPSA) is 9.23 Å². The third-order valence-electron chi connectivity index (χ3n) is 1.53. The summed E-state index contributed by atoms with van der Waals surface area (Å²) in [5, 5.41) is 0. The van der Waals surface area contributed by atoms with Crippen molar-refractivity contribution in [1.29, 1.82) is 0 Å². The summed E-state index contributed by atoms with van der Waals surface area (Å²) < 4.78 is 40.0. The van der Waals surface area contributed by atoms with E-state index in [4.69, 9.17) is 0 Å². The standard InChI is InChI=1S/C6H13F3NO/c1-11-3-2-10(4-7,5-8)6-9/h2-6H2,1H3/q+1. The Morgan fingerprint density at radius 2 is 1.55 bits per heavy atom. The Bertz CT molecular complexity index is 89.6. The fourth-order valence-corrected chi connectivity index (χ4v) is 0.560. The molecular weight excluding hydrogens is 159 g/mol. The van der Waals surface area contributed by atoms with E-state index in [2.05, 4.69) is 4.74 Å². The molecule has 0 N–H and O–H groups in total. The number of rotatable bonds is 6. The third kappa shape index (κ3) is 3.07. The van der Waals surface area contributed by atoms with Gasteiger partial charge in [0, 0.05) is 7.11 Å². The summed E-state index contributed by atoms with van der Waals surface area (Å²) in [5.41, 5.74) is 0. The molecule has 0 aromatic heterocycles. The van der Waals surface area contributed by atoms with E-state index in [0.29, 0.717) is 0 Å². The Morgan fingerprint density at radius 1 is 1.09 bits per heavy atom. The molecule has 5 heteroatoms. The van der Waals surface area contributed by atoms with Crippen LogP contribution in [0.25, 0.3) is 0 Å². The fraction of sp³-hybridized carbons (Fsp3) is 1.00. The Kier molecular flexibility index (Phi) is 5.23. The summed E-state index contributed by atoms with van der Waals surface area (Å²) in [5.74, 6) is 0. The zero-order chi connectivity index (χ0) is 8.74. The summed E-state index contributed by atoms with van der Waals surface area (Å²) in [6.07, 6.45) is 0. The zero-order valence-corrected chi connectivity index (χ0v) is 6.52. The van der Waals surface area contributed by atoms with Crippen LogP contribution in [0.5, 0.6) is 0 Å². The predicted octanol–water partition coefficient (Wildman–Crippen LogP) is 1.23. The summed E-state index contributed by atoms with van der Waals surface area (Å²) in [6, 6.07) is 0. The fourth-order valence-electron chi connectivity index (χ4n) is 0.560. The van der Waals surface area contributed by atoms with Crippen molar-refractivity contribution in [2.75, 3.05) is 40.7 Å². The lowest BCUT2D eigenvalue weighted by atomic mass is 10.5. The molecule has 2 nitrogen and oxygen atoms in total. The van der Waals surface area contributed by atoms with Crippen LogP contribution in [0.2, 0.25) is 0 Å².